The van der Waals surface area contributed by atoms with Crippen molar-refractivity contribution >= 4 is 11.6 Å². The highest BCUT2D eigenvalue weighted by molar-refractivity contribution is 5.98. The van der Waals surface area contributed by atoms with E-state index in [1.165, 1.54) is 12.1 Å². The highest BCUT2D eigenvalue weighted by Gasteiger charge is 2.31. The number of anilines is 1. The number of likely N-dealkylation sites (tertiary alicyclic amines) is 1. The van der Waals surface area contributed by atoms with Gasteiger partial charge in [-0.15, -0.1) is 0 Å². The van der Waals surface area contributed by atoms with Crippen molar-refractivity contribution in [1.82, 2.24) is 19.9 Å². The summed E-state index contributed by atoms with van der Waals surface area (Å²) < 4.78 is 38.4. The van der Waals surface area contributed by atoms with Crippen LogP contribution in [0.15, 0.2) is 54.9 Å². The fourth-order valence-corrected chi connectivity index (χ4v) is 3.97. The first-order valence-corrected chi connectivity index (χ1v) is 10.8. The van der Waals surface area contributed by atoms with E-state index < -0.39 is 11.7 Å². The van der Waals surface area contributed by atoms with E-state index in [2.05, 4.69) is 20.3 Å². The van der Waals surface area contributed by atoms with Crippen molar-refractivity contribution in [2.24, 2.45) is 0 Å². The van der Waals surface area contributed by atoms with Crippen molar-refractivity contribution in [3.8, 4) is 11.4 Å². The van der Waals surface area contributed by atoms with Crippen molar-refractivity contribution in [2.45, 2.75) is 38.4 Å². The topological polar surface area (TPSA) is 71.0 Å². The van der Waals surface area contributed by atoms with Crippen LogP contribution in [0.4, 0.5) is 18.9 Å². The van der Waals surface area contributed by atoms with Crippen molar-refractivity contribution in [3.63, 3.8) is 0 Å². The Morgan fingerprint density at radius 2 is 1.82 bits per heavy atom. The minimum Gasteiger partial charge on any atom is -0.383 e. The van der Waals surface area contributed by atoms with Gasteiger partial charge in [-0.3, -0.25) is 4.79 Å². The van der Waals surface area contributed by atoms with Crippen LogP contribution in [0, 0.1) is 6.92 Å². The average molecular weight is 455 g/mol. The van der Waals surface area contributed by atoms with Crippen LogP contribution in [0.5, 0.6) is 0 Å². The van der Waals surface area contributed by atoms with E-state index in [9.17, 15) is 18.0 Å². The summed E-state index contributed by atoms with van der Waals surface area (Å²) in [6.07, 6.45) is 1.52. The molecule has 2 aromatic heterocycles. The van der Waals surface area contributed by atoms with E-state index in [4.69, 9.17) is 0 Å². The number of amides is 1. The molecule has 0 unspecified atom stereocenters. The SMILES string of the molecule is Cc1ccc(-c2ncccn2)c(C(=O)N2CCCC[C@H]2CNc2ccc(C(F)(F)F)cc2)n1. The fraction of sp³-hybridized carbons (Fsp3) is 0.333. The van der Waals surface area contributed by atoms with Gasteiger partial charge in [-0.2, -0.15) is 13.2 Å². The first-order valence-electron chi connectivity index (χ1n) is 10.8. The number of carbonyl (C=O) groups is 1. The maximum Gasteiger partial charge on any atom is 0.416 e. The molecule has 1 atom stereocenters. The predicted octanol–water partition coefficient (Wildman–Crippen LogP) is 4.97. The van der Waals surface area contributed by atoms with E-state index in [1.54, 1.807) is 23.4 Å². The molecule has 4 rings (SSSR count). The van der Waals surface area contributed by atoms with E-state index >= 15 is 0 Å². The van der Waals surface area contributed by atoms with Crippen LogP contribution >= 0.6 is 0 Å². The molecule has 1 aromatic carbocycles. The smallest absolute Gasteiger partial charge is 0.383 e. The van der Waals surface area contributed by atoms with Crippen molar-refractivity contribution in [3.05, 3.63) is 71.8 Å². The summed E-state index contributed by atoms with van der Waals surface area (Å²) >= 11 is 0. The Labute approximate surface area is 189 Å². The largest absolute Gasteiger partial charge is 0.416 e. The molecule has 1 N–H and O–H groups in total. The van der Waals surface area contributed by atoms with Gasteiger partial charge in [0.2, 0.25) is 0 Å². The summed E-state index contributed by atoms with van der Waals surface area (Å²) in [5, 5.41) is 3.18. The number of pyridine rings is 1. The second-order valence-electron chi connectivity index (χ2n) is 8.03. The van der Waals surface area contributed by atoms with Gasteiger partial charge in [-0.05, 0) is 68.7 Å². The minimum atomic E-state index is -4.37. The van der Waals surface area contributed by atoms with Crippen LogP contribution in [0.1, 0.15) is 41.0 Å². The van der Waals surface area contributed by atoms with Crippen LogP contribution in [-0.2, 0) is 6.18 Å². The Morgan fingerprint density at radius 1 is 1.09 bits per heavy atom. The highest BCUT2D eigenvalue weighted by atomic mass is 19.4. The van der Waals surface area contributed by atoms with Gasteiger partial charge < -0.3 is 10.2 Å². The first kappa shape index (κ1) is 22.7. The molecule has 0 saturated carbocycles. The molecule has 1 aliphatic heterocycles. The standard InChI is InChI=1S/C24H24F3N5O/c1-16-6-11-20(22-28-12-4-13-29-22)21(31-16)23(33)32-14-3-2-5-19(32)15-30-18-9-7-17(8-10-18)24(25,26)27/h4,6-13,19,30H,2-3,5,14-15H2,1H3/t19-/m0/s1. The van der Waals surface area contributed by atoms with Crippen molar-refractivity contribution in [1.29, 1.82) is 0 Å². The molecule has 172 valence electrons. The summed E-state index contributed by atoms with van der Waals surface area (Å²) in [6.45, 7) is 2.84. The van der Waals surface area contributed by atoms with E-state index in [0.29, 0.717) is 35.9 Å². The number of alkyl halides is 3. The van der Waals surface area contributed by atoms with Crippen molar-refractivity contribution < 1.29 is 18.0 Å². The number of rotatable bonds is 5. The summed E-state index contributed by atoms with van der Waals surface area (Å²) in [7, 11) is 0. The Bertz CT molecular complexity index is 1100. The normalized spacial score (nSPS) is 16.5. The maximum absolute atomic E-state index is 13.6. The molecule has 0 bridgehead atoms. The van der Waals surface area contributed by atoms with Gasteiger partial charge >= 0.3 is 6.18 Å². The number of piperidine rings is 1. The molecule has 3 aromatic rings. The van der Waals surface area contributed by atoms with Gasteiger partial charge in [0.05, 0.1) is 11.1 Å². The number of nitrogens with one attached hydrogen (secondary N) is 1. The second-order valence-corrected chi connectivity index (χ2v) is 8.03. The van der Waals surface area contributed by atoms with E-state index in [-0.39, 0.29) is 11.9 Å². The lowest BCUT2D eigenvalue weighted by atomic mass is 10.00. The highest BCUT2D eigenvalue weighted by Crippen LogP contribution is 2.30. The third-order valence-corrected chi connectivity index (χ3v) is 5.69. The zero-order valence-electron chi connectivity index (χ0n) is 18.1. The number of carbonyl (C=O) groups excluding carboxylic acids is 1. The molecule has 1 amide bonds. The minimum absolute atomic E-state index is 0.111. The molecule has 0 radical (unpaired) electrons. The molecule has 3 heterocycles. The van der Waals surface area contributed by atoms with Crippen molar-refractivity contribution in [2.75, 3.05) is 18.4 Å². The Hall–Kier alpha value is -3.49. The zero-order chi connectivity index (χ0) is 23.4. The van der Waals surface area contributed by atoms with Gasteiger partial charge in [0, 0.05) is 42.9 Å². The number of hydrogen-bond donors (Lipinski definition) is 1. The fourth-order valence-electron chi connectivity index (χ4n) is 3.97. The zero-order valence-corrected chi connectivity index (χ0v) is 18.1. The summed E-state index contributed by atoms with van der Waals surface area (Å²) in [4.78, 5) is 28.4. The Kier molecular flexibility index (Phi) is 6.57. The van der Waals surface area contributed by atoms with Gasteiger partial charge in [0.25, 0.3) is 5.91 Å². The number of halogens is 3. The molecule has 1 saturated heterocycles. The van der Waals surface area contributed by atoms with Gasteiger partial charge in [-0.25, -0.2) is 15.0 Å². The van der Waals surface area contributed by atoms with Crippen LogP contribution in [0.3, 0.4) is 0 Å². The molecule has 33 heavy (non-hydrogen) atoms. The Morgan fingerprint density at radius 3 is 2.52 bits per heavy atom. The van der Waals surface area contributed by atoms with Crippen LogP contribution in [0.2, 0.25) is 0 Å². The molecule has 1 fully saturated rings. The first-order chi connectivity index (χ1) is 15.8. The number of aromatic nitrogens is 3. The third-order valence-electron chi connectivity index (χ3n) is 5.69. The van der Waals surface area contributed by atoms with Crippen LogP contribution in [-0.4, -0.2) is 44.9 Å². The van der Waals surface area contributed by atoms with E-state index in [1.807, 2.05) is 19.1 Å². The lowest BCUT2D eigenvalue weighted by molar-refractivity contribution is -0.137. The molecule has 0 aliphatic carbocycles. The summed E-state index contributed by atoms with van der Waals surface area (Å²) in [6, 6.07) is 10.1. The predicted molar refractivity (Wildman–Crippen MR) is 119 cm³/mol. The van der Waals surface area contributed by atoms with Gasteiger partial charge in [0.15, 0.2) is 5.82 Å². The van der Waals surface area contributed by atoms with Gasteiger partial charge in [-0.1, -0.05) is 0 Å². The van der Waals surface area contributed by atoms with E-state index in [0.717, 1.165) is 37.1 Å². The van der Waals surface area contributed by atoms with Crippen LogP contribution in [0.25, 0.3) is 11.4 Å². The molecule has 0 spiro atoms. The molecular formula is C24H24F3N5O. The lowest BCUT2D eigenvalue weighted by Gasteiger charge is -2.36. The van der Waals surface area contributed by atoms with Gasteiger partial charge in [0.1, 0.15) is 5.69 Å². The number of benzene rings is 1. The monoisotopic (exact) mass is 455 g/mol. The average Bonchev–Trinajstić information content (AvgIpc) is 2.82. The molecule has 6 nitrogen and oxygen atoms in total. The number of hydrogen-bond acceptors (Lipinski definition) is 5. The number of nitrogens with zero attached hydrogens (tertiary/aromatic N) is 4. The molecule has 1 aliphatic rings. The second kappa shape index (κ2) is 9.56. The lowest BCUT2D eigenvalue weighted by Crippen LogP contribution is -2.47. The Balaban J connectivity index is 1.53. The third kappa shape index (κ3) is 5.30. The number of aryl methyl sites for hydroxylation is 1. The molecular weight excluding hydrogens is 431 g/mol. The molecule has 9 heteroatoms. The quantitative estimate of drug-likeness (QED) is 0.588. The maximum atomic E-state index is 13.6. The van der Waals surface area contributed by atoms with Crippen LogP contribution < -0.4 is 5.32 Å². The summed E-state index contributed by atoms with van der Waals surface area (Å²) in [5.41, 5.74) is 1.49. The summed E-state index contributed by atoms with van der Waals surface area (Å²) in [5.74, 6) is 0.241.